The van der Waals surface area contributed by atoms with Gasteiger partial charge in [-0.1, -0.05) is 13.8 Å². The number of morpholine rings is 1. The van der Waals surface area contributed by atoms with Gasteiger partial charge in [-0.2, -0.15) is 18.3 Å². The molecule has 11 heteroatoms. The van der Waals surface area contributed by atoms with Gasteiger partial charge >= 0.3 is 6.18 Å². The first-order valence-corrected chi connectivity index (χ1v) is 9.96. The summed E-state index contributed by atoms with van der Waals surface area (Å²) < 4.78 is 48.0. The van der Waals surface area contributed by atoms with E-state index in [1.165, 1.54) is 29.4 Å². The molecule has 1 saturated heterocycles. The zero-order valence-corrected chi connectivity index (χ0v) is 17.5. The standard InChI is InChI=1S/C21H22F3N5O3/c1-19(2)11-20(8-15(25)17(19)30)12-28(6-7-32-20)18(31)14-10-29(13-4-3-5-26-9-13)27-16(14)21(22,23)24/h3-5,8-10H,6-7,11-12,25H2,1-2H3. The molecule has 2 N–H and O–H groups in total. The van der Waals surface area contributed by atoms with Crippen LogP contribution in [0.25, 0.3) is 5.69 Å². The van der Waals surface area contributed by atoms with Crippen LogP contribution in [0.2, 0.25) is 0 Å². The van der Waals surface area contributed by atoms with Crippen molar-refractivity contribution in [1.82, 2.24) is 19.7 Å². The number of hydrogen-bond donors (Lipinski definition) is 1. The molecule has 1 unspecified atom stereocenters. The van der Waals surface area contributed by atoms with Crippen LogP contribution in [0.4, 0.5) is 13.2 Å². The normalized spacial score (nSPS) is 23.3. The summed E-state index contributed by atoms with van der Waals surface area (Å²) in [6, 6.07) is 3.09. The molecule has 170 valence electrons. The van der Waals surface area contributed by atoms with Gasteiger partial charge in [-0.15, -0.1) is 0 Å². The molecule has 1 fully saturated rings. The minimum atomic E-state index is -4.83. The predicted octanol–water partition coefficient (Wildman–Crippen LogP) is 2.34. The average molecular weight is 449 g/mol. The summed E-state index contributed by atoms with van der Waals surface area (Å²) in [7, 11) is 0. The summed E-state index contributed by atoms with van der Waals surface area (Å²) in [5.41, 5.74) is 2.50. The Morgan fingerprint density at radius 1 is 1.31 bits per heavy atom. The summed E-state index contributed by atoms with van der Waals surface area (Å²) >= 11 is 0. The maximum Gasteiger partial charge on any atom is 0.435 e. The highest BCUT2D eigenvalue weighted by atomic mass is 19.4. The number of amides is 1. The molecular weight excluding hydrogens is 427 g/mol. The van der Waals surface area contributed by atoms with Gasteiger partial charge in [0.05, 0.1) is 36.3 Å². The van der Waals surface area contributed by atoms with Crippen LogP contribution in [0.5, 0.6) is 0 Å². The van der Waals surface area contributed by atoms with Crippen molar-refractivity contribution in [2.24, 2.45) is 11.1 Å². The number of Topliss-reactive ketones (excluding diaryl/α,β-unsaturated/α-hetero) is 1. The van der Waals surface area contributed by atoms with Crippen molar-refractivity contribution in [3.63, 3.8) is 0 Å². The molecular formula is C21H22F3N5O3. The van der Waals surface area contributed by atoms with E-state index >= 15 is 0 Å². The largest absolute Gasteiger partial charge is 0.435 e. The van der Waals surface area contributed by atoms with E-state index in [1.54, 1.807) is 19.9 Å². The van der Waals surface area contributed by atoms with E-state index in [0.717, 1.165) is 10.9 Å². The van der Waals surface area contributed by atoms with Crippen LogP contribution < -0.4 is 5.73 Å². The number of rotatable bonds is 2. The van der Waals surface area contributed by atoms with Crippen LogP contribution in [-0.4, -0.2) is 56.7 Å². The van der Waals surface area contributed by atoms with E-state index in [1.807, 2.05) is 0 Å². The van der Waals surface area contributed by atoms with Gasteiger partial charge in [0.25, 0.3) is 5.91 Å². The number of carbonyl (C=O) groups is 2. The summed E-state index contributed by atoms with van der Waals surface area (Å²) in [6.45, 7) is 3.61. The predicted molar refractivity (Wildman–Crippen MR) is 107 cm³/mol. The quantitative estimate of drug-likeness (QED) is 0.755. The maximum absolute atomic E-state index is 13.7. The van der Waals surface area contributed by atoms with Crippen LogP contribution in [0, 0.1) is 5.41 Å². The molecule has 0 radical (unpaired) electrons. The molecule has 0 aromatic carbocycles. The molecule has 1 aliphatic heterocycles. The van der Waals surface area contributed by atoms with Crippen molar-refractivity contribution in [3.8, 4) is 5.69 Å². The number of hydrogen-bond acceptors (Lipinski definition) is 6. The van der Waals surface area contributed by atoms with Gasteiger partial charge in [-0.05, 0) is 24.6 Å². The van der Waals surface area contributed by atoms with Crippen molar-refractivity contribution >= 4 is 11.7 Å². The Morgan fingerprint density at radius 2 is 2.06 bits per heavy atom. The van der Waals surface area contributed by atoms with Crippen LogP contribution in [-0.2, 0) is 15.7 Å². The summed E-state index contributed by atoms with van der Waals surface area (Å²) in [4.78, 5) is 30.7. The number of halogens is 3. The van der Waals surface area contributed by atoms with Gasteiger partial charge in [0.1, 0.15) is 5.60 Å². The van der Waals surface area contributed by atoms with Crippen LogP contribution >= 0.6 is 0 Å². The van der Waals surface area contributed by atoms with Crippen molar-refractivity contribution in [1.29, 1.82) is 0 Å². The number of carbonyl (C=O) groups excluding carboxylic acids is 2. The van der Waals surface area contributed by atoms with Gasteiger partial charge in [0.2, 0.25) is 0 Å². The molecule has 1 amide bonds. The first kappa shape index (κ1) is 22.0. The molecule has 0 bridgehead atoms. The number of pyridine rings is 1. The molecule has 3 heterocycles. The average Bonchev–Trinajstić information content (AvgIpc) is 3.18. The molecule has 4 rings (SSSR count). The second-order valence-electron chi connectivity index (χ2n) is 8.67. The van der Waals surface area contributed by atoms with Crippen molar-refractivity contribution in [3.05, 3.63) is 53.8 Å². The monoisotopic (exact) mass is 449 g/mol. The Balaban J connectivity index is 1.69. The smallest absolute Gasteiger partial charge is 0.396 e. The molecule has 2 aromatic rings. The number of aromatic nitrogens is 3. The fourth-order valence-corrected chi connectivity index (χ4v) is 4.33. The van der Waals surface area contributed by atoms with Crippen LogP contribution in [0.3, 0.4) is 0 Å². The first-order chi connectivity index (χ1) is 14.9. The number of ketones is 1. The van der Waals surface area contributed by atoms with E-state index in [0.29, 0.717) is 5.69 Å². The number of ether oxygens (including phenoxy) is 1. The van der Waals surface area contributed by atoms with Crippen LogP contribution in [0.15, 0.2) is 42.5 Å². The first-order valence-electron chi connectivity index (χ1n) is 9.96. The lowest BCUT2D eigenvalue weighted by Crippen LogP contribution is -2.57. The Bertz CT molecular complexity index is 1090. The SMILES string of the molecule is CC1(C)CC2(C=C(N)C1=O)CN(C(=O)c1cn(-c3cccnc3)nc1C(F)(F)F)CCO2. The van der Waals surface area contributed by atoms with Crippen molar-refractivity contribution in [2.75, 3.05) is 19.7 Å². The van der Waals surface area contributed by atoms with Crippen molar-refractivity contribution < 1.29 is 27.5 Å². The minimum Gasteiger partial charge on any atom is -0.396 e. The third kappa shape index (κ3) is 3.88. The maximum atomic E-state index is 13.7. The van der Waals surface area contributed by atoms with E-state index < -0.39 is 34.4 Å². The van der Waals surface area contributed by atoms with E-state index in [2.05, 4.69) is 10.1 Å². The van der Waals surface area contributed by atoms with Gasteiger partial charge in [0.15, 0.2) is 11.5 Å². The molecule has 1 atom stereocenters. The molecule has 32 heavy (non-hydrogen) atoms. The highest BCUT2D eigenvalue weighted by Gasteiger charge is 2.49. The molecule has 0 saturated carbocycles. The minimum absolute atomic E-state index is 0.0240. The van der Waals surface area contributed by atoms with Gasteiger partial charge < -0.3 is 15.4 Å². The molecule has 2 aromatic heterocycles. The summed E-state index contributed by atoms with van der Waals surface area (Å²) in [5, 5.41) is 3.61. The Kier molecular flexibility index (Phi) is 5.11. The fourth-order valence-electron chi connectivity index (χ4n) is 4.33. The Hall–Kier alpha value is -3.21. The van der Waals surface area contributed by atoms with Crippen molar-refractivity contribution in [2.45, 2.75) is 32.0 Å². The second kappa shape index (κ2) is 7.44. The third-order valence-corrected chi connectivity index (χ3v) is 5.66. The summed E-state index contributed by atoms with van der Waals surface area (Å²) in [6.07, 6.45) is 0.787. The zero-order valence-electron chi connectivity index (χ0n) is 17.5. The Labute approximate surface area is 181 Å². The van der Waals surface area contributed by atoms with E-state index in [4.69, 9.17) is 10.5 Å². The lowest BCUT2D eigenvalue weighted by Gasteiger charge is -2.46. The number of allylic oxidation sites excluding steroid dienone is 1. The number of nitrogens with two attached hydrogens (primary N) is 1. The van der Waals surface area contributed by atoms with Gasteiger partial charge in [-0.3, -0.25) is 14.6 Å². The molecule has 1 spiro atoms. The molecule has 2 aliphatic rings. The molecule has 1 aliphatic carbocycles. The highest BCUT2D eigenvalue weighted by Crippen LogP contribution is 2.41. The summed E-state index contributed by atoms with van der Waals surface area (Å²) in [5.74, 6) is -1.05. The number of alkyl halides is 3. The fraction of sp³-hybridized carbons (Fsp3) is 0.429. The lowest BCUT2D eigenvalue weighted by atomic mass is 9.71. The van der Waals surface area contributed by atoms with Crippen LogP contribution in [0.1, 0.15) is 36.3 Å². The Morgan fingerprint density at radius 3 is 2.69 bits per heavy atom. The zero-order chi connectivity index (χ0) is 23.3. The molecule has 8 nitrogen and oxygen atoms in total. The third-order valence-electron chi connectivity index (χ3n) is 5.66. The van der Waals surface area contributed by atoms with Gasteiger partial charge in [0, 0.05) is 24.4 Å². The van der Waals surface area contributed by atoms with E-state index in [-0.39, 0.29) is 37.6 Å². The second-order valence-corrected chi connectivity index (χ2v) is 8.67. The van der Waals surface area contributed by atoms with E-state index in [9.17, 15) is 22.8 Å². The topological polar surface area (TPSA) is 103 Å². The van der Waals surface area contributed by atoms with Gasteiger partial charge in [-0.25, -0.2) is 4.68 Å². The lowest BCUT2D eigenvalue weighted by molar-refractivity contribution is -0.142. The highest BCUT2D eigenvalue weighted by molar-refractivity contribution is 6.00. The number of nitrogens with zero attached hydrogens (tertiary/aromatic N) is 4.